The second-order valence-corrected chi connectivity index (χ2v) is 7.49. The lowest BCUT2D eigenvalue weighted by molar-refractivity contribution is -0.115. The Morgan fingerprint density at radius 2 is 2.03 bits per heavy atom. The van der Waals surface area contributed by atoms with Gasteiger partial charge in [-0.1, -0.05) is 12.1 Å². The number of halogens is 1. The predicted molar refractivity (Wildman–Crippen MR) is 117 cm³/mol. The molecule has 0 radical (unpaired) electrons. The first-order valence-corrected chi connectivity index (χ1v) is 9.99. The summed E-state index contributed by atoms with van der Waals surface area (Å²) in [5.41, 5.74) is 3.88. The molecule has 148 valence electrons. The van der Waals surface area contributed by atoms with Gasteiger partial charge in [0, 0.05) is 24.1 Å². The van der Waals surface area contributed by atoms with Crippen molar-refractivity contribution in [3.63, 3.8) is 0 Å². The summed E-state index contributed by atoms with van der Waals surface area (Å²) in [6.45, 7) is 0.730. The van der Waals surface area contributed by atoms with Gasteiger partial charge in [0.1, 0.15) is 11.6 Å². The molecule has 2 heterocycles. The van der Waals surface area contributed by atoms with Crippen LogP contribution in [-0.4, -0.2) is 29.5 Å². The van der Waals surface area contributed by atoms with Crippen molar-refractivity contribution in [1.82, 2.24) is 9.97 Å². The van der Waals surface area contributed by atoms with Gasteiger partial charge in [-0.15, -0.1) is 0 Å². The van der Waals surface area contributed by atoms with Crippen LogP contribution < -0.4 is 20.7 Å². The van der Waals surface area contributed by atoms with Gasteiger partial charge in [0.25, 0.3) is 0 Å². The Labute approximate surface area is 177 Å². The molecule has 29 heavy (non-hydrogen) atoms. The molecule has 0 spiro atoms. The average Bonchev–Trinajstić information content (AvgIpc) is 3.10. The van der Waals surface area contributed by atoms with Gasteiger partial charge in [-0.05, 0) is 63.8 Å². The van der Waals surface area contributed by atoms with Gasteiger partial charge in [0.2, 0.25) is 11.9 Å². The number of rotatable bonds is 7. The topological polar surface area (TPSA) is 88.2 Å². The Morgan fingerprint density at radius 1 is 1.21 bits per heavy atom. The van der Waals surface area contributed by atoms with Crippen LogP contribution in [0.15, 0.2) is 53.1 Å². The van der Waals surface area contributed by atoms with Gasteiger partial charge in [-0.25, -0.2) is 4.98 Å². The van der Waals surface area contributed by atoms with Gasteiger partial charge < -0.3 is 20.7 Å². The van der Waals surface area contributed by atoms with Crippen LogP contribution in [0.2, 0.25) is 0 Å². The maximum atomic E-state index is 11.5. The van der Waals surface area contributed by atoms with E-state index in [1.807, 2.05) is 30.3 Å². The molecule has 0 saturated heterocycles. The minimum Gasteiger partial charge on any atom is -0.497 e. The second kappa shape index (κ2) is 8.48. The molecule has 4 rings (SSSR count). The van der Waals surface area contributed by atoms with Gasteiger partial charge >= 0.3 is 0 Å². The van der Waals surface area contributed by atoms with E-state index < -0.39 is 0 Å². The van der Waals surface area contributed by atoms with Crippen molar-refractivity contribution < 1.29 is 9.53 Å². The van der Waals surface area contributed by atoms with Gasteiger partial charge in [0.15, 0.2) is 0 Å². The van der Waals surface area contributed by atoms with Crippen molar-refractivity contribution in [2.75, 3.05) is 29.6 Å². The highest BCUT2D eigenvalue weighted by Crippen LogP contribution is 2.28. The molecule has 0 saturated carbocycles. The van der Waals surface area contributed by atoms with Crippen LogP contribution in [0.5, 0.6) is 5.75 Å². The van der Waals surface area contributed by atoms with E-state index in [4.69, 9.17) is 4.74 Å². The fourth-order valence-corrected chi connectivity index (χ4v) is 3.44. The number of carbonyl (C=O) groups excluding carboxylic acids is 1. The molecule has 1 aliphatic heterocycles. The van der Waals surface area contributed by atoms with E-state index in [2.05, 4.69) is 54.0 Å². The first kappa shape index (κ1) is 19.2. The Kier molecular flexibility index (Phi) is 5.62. The highest BCUT2D eigenvalue weighted by atomic mass is 79.9. The van der Waals surface area contributed by atoms with Crippen LogP contribution in [0.3, 0.4) is 0 Å². The van der Waals surface area contributed by atoms with Crippen molar-refractivity contribution in [1.29, 1.82) is 0 Å². The highest BCUT2D eigenvalue weighted by molar-refractivity contribution is 9.10. The molecule has 3 aromatic rings. The van der Waals surface area contributed by atoms with Crippen LogP contribution in [-0.2, 0) is 17.6 Å². The zero-order chi connectivity index (χ0) is 20.2. The summed E-state index contributed by atoms with van der Waals surface area (Å²) in [5, 5.41) is 9.37. The molecule has 1 aromatic heterocycles. The number of ether oxygens (including phenoxy) is 1. The van der Waals surface area contributed by atoms with Crippen LogP contribution >= 0.6 is 15.9 Å². The number of aromatic nitrogens is 2. The molecule has 1 aliphatic rings. The van der Waals surface area contributed by atoms with Crippen molar-refractivity contribution in [2.24, 2.45) is 0 Å². The summed E-state index contributed by atoms with van der Waals surface area (Å²) in [6, 6.07) is 13.7. The number of carbonyl (C=O) groups is 1. The van der Waals surface area contributed by atoms with Crippen LogP contribution in [0.25, 0.3) is 0 Å². The smallest absolute Gasteiger partial charge is 0.229 e. The minimum absolute atomic E-state index is 0.0142. The maximum Gasteiger partial charge on any atom is 0.229 e. The Balaban J connectivity index is 1.39. The SMILES string of the molecule is COc1ccc(CCNc2nc(Nc3ccc4c(c3)CC(=O)N4)ncc2Br)cc1. The molecule has 0 fully saturated rings. The number of amides is 1. The number of hydrogen-bond acceptors (Lipinski definition) is 6. The molecule has 7 nitrogen and oxygen atoms in total. The van der Waals surface area contributed by atoms with Crippen molar-refractivity contribution in [3.8, 4) is 5.75 Å². The fourth-order valence-electron chi connectivity index (χ4n) is 3.10. The molecule has 1 amide bonds. The average molecular weight is 454 g/mol. The van der Waals surface area contributed by atoms with E-state index in [1.165, 1.54) is 5.56 Å². The summed E-state index contributed by atoms with van der Waals surface area (Å²) in [7, 11) is 1.66. The quantitative estimate of drug-likeness (QED) is 0.498. The third-order valence-electron chi connectivity index (χ3n) is 4.60. The Hall–Kier alpha value is -3.13. The summed E-state index contributed by atoms with van der Waals surface area (Å²) in [6.07, 6.45) is 2.96. The van der Waals surface area contributed by atoms with Crippen molar-refractivity contribution in [3.05, 3.63) is 64.3 Å². The third kappa shape index (κ3) is 4.65. The van der Waals surface area contributed by atoms with Gasteiger partial charge in [0.05, 0.1) is 18.0 Å². The lowest BCUT2D eigenvalue weighted by Crippen LogP contribution is -2.08. The van der Waals surface area contributed by atoms with E-state index >= 15 is 0 Å². The molecule has 0 bridgehead atoms. The van der Waals surface area contributed by atoms with Crippen molar-refractivity contribution in [2.45, 2.75) is 12.8 Å². The molecule has 0 aliphatic carbocycles. The first-order valence-electron chi connectivity index (χ1n) is 9.20. The Morgan fingerprint density at radius 3 is 2.83 bits per heavy atom. The molecule has 8 heteroatoms. The monoisotopic (exact) mass is 453 g/mol. The van der Waals surface area contributed by atoms with Gasteiger partial charge in [-0.2, -0.15) is 4.98 Å². The van der Waals surface area contributed by atoms with Gasteiger partial charge in [-0.3, -0.25) is 4.79 Å². The summed E-state index contributed by atoms with van der Waals surface area (Å²) in [4.78, 5) is 20.4. The molecular weight excluding hydrogens is 434 g/mol. The van der Waals surface area contributed by atoms with E-state index in [9.17, 15) is 4.79 Å². The zero-order valence-electron chi connectivity index (χ0n) is 15.8. The lowest BCUT2D eigenvalue weighted by Gasteiger charge is -2.11. The number of anilines is 4. The largest absolute Gasteiger partial charge is 0.497 e. The number of benzene rings is 2. The van der Waals surface area contributed by atoms with E-state index in [0.717, 1.165) is 40.1 Å². The molecule has 0 atom stereocenters. The van der Waals surface area contributed by atoms with E-state index in [-0.39, 0.29) is 5.91 Å². The molecule has 3 N–H and O–H groups in total. The first-order chi connectivity index (χ1) is 14.1. The Bertz CT molecular complexity index is 1040. The normalized spacial score (nSPS) is 12.3. The minimum atomic E-state index is 0.0142. The summed E-state index contributed by atoms with van der Waals surface area (Å²) in [5.74, 6) is 2.06. The summed E-state index contributed by atoms with van der Waals surface area (Å²) < 4.78 is 5.98. The lowest BCUT2D eigenvalue weighted by atomic mass is 10.1. The van der Waals surface area contributed by atoms with Crippen molar-refractivity contribution >= 4 is 45.0 Å². The maximum absolute atomic E-state index is 11.5. The number of methoxy groups -OCH3 is 1. The predicted octanol–water partition coefficient (Wildman–Crippen LogP) is 4.14. The number of nitrogens with zero attached hydrogens (tertiary/aromatic N) is 2. The molecule has 2 aromatic carbocycles. The molecule has 0 unspecified atom stereocenters. The van der Waals surface area contributed by atoms with Crippen LogP contribution in [0.1, 0.15) is 11.1 Å². The van der Waals surface area contributed by atoms with Crippen LogP contribution in [0.4, 0.5) is 23.1 Å². The van der Waals surface area contributed by atoms with E-state index in [0.29, 0.717) is 18.2 Å². The zero-order valence-corrected chi connectivity index (χ0v) is 17.4. The van der Waals surface area contributed by atoms with E-state index in [1.54, 1.807) is 13.3 Å². The highest BCUT2D eigenvalue weighted by Gasteiger charge is 2.17. The summed E-state index contributed by atoms with van der Waals surface area (Å²) >= 11 is 3.49. The number of fused-ring (bicyclic) bond motifs is 1. The third-order valence-corrected chi connectivity index (χ3v) is 5.18. The molecular formula is C21H20BrN5O2. The number of hydrogen-bond donors (Lipinski definition) is 3. The number of nitrogens with one attached hydrogen (secondary N) is 3. The fraction of sp³-hybridized carbons (Fsp3) is 0.190. The standard InChI is InChI=1S/C21H20BrN5O2/c1-29-16-5-2-13(3-6-16)8-9-23-20-17(22)12-24-21(27-20)25-15-4-7-18-14(10-15)11-19(28)26-18/h2-7,10,12H,8-9,11H2,1H3,(H,26,28)(H2,23,24,25,27). The second-order valence-electron chi connectivity index (χ2n) is 6.64. The van der Waals surface area contributed by atoms with Crippen LogP contribution in [0, 0.1) is 0 Å².